The maximum atomic E-state index is 13.0. The van der Waals surface area contributed by atoms with Gasteiger partial charge in [0, 0.05) is 37.6 Å². The van der Waals surface area contributed by atoms with E-state index in [1.807, 2.05) is 19.3 Å². The molecular formula is C17H21ClFN3O. The van der Waals surface area contributed by atoms with E-state index in [2.05, 4.69) is 14.9 Å². The van der Waals surface area contributed by atoms with E-state index in [0.29, 0.717) is 12.8 Å². The molecule has 1 aliphatic rings. The topological polar surface area (TPSA) is 49.2 Å². The largest absolute Gasteiger partial charge is 0.385 e. The SMILES string of the molecule is Cc1ncc(CN2CCC(O)(c3ccc(F)cc3)CC2)cn1.Cl. The Morgan fingerprint density at radius 2 is 1.70 bits per heavy atom. The van der Waals surface area contributed by atoms with E-state index in [0.717, 1.165) is 36.6 Å². The minimum absolute atomic E-state index is 0. The van der Waals surface area contributed by atoms with Crippen LogP contribution in [0.2, 0.25) is 0 Å². The maximum absolute atomic E-state index is 13.0. The van der Waals surface area contributed by atoms with E-state index in [9.17, 15) is 9.50 Å². The fourth-order valence-corrected chi connectivity index (χ4v) is 2.89. The lowest BCUT2D eigenvalue weighted by Crippen LogP contribution is -2.42. The molecule has 23 heavy (non-hydrogen) atoms. The number of aliphatic hydroxyl groups is 1. The Labute approximate surface area is 141 Å². The van der Waals surface area contributed by atoms with Crippen molar-refractivity contribution in [3.05, 3.63) is 59.4 Å². The lowest BCUT2D eigenvalue weighted by molar-refractivity contribution is -0.0278. The highest BCUT2D eigenvalue weighted by molar-refractivity contribution is 5.85. The second-order valence-electron chi connectivity index (χ2n) is 5.95. The van der Waals surface area contributed by atoms with Crippen LogP contribution < -0.4 is 0 Å². The van der Waals surface area contributed by atoms with Crippen LogP contribution in [0.3, 0.4) is 0 Å². The number of benzene rings is 1. The van der Waals surface area contributed by atoms with Crippen molar-refractivity contribution in [1.82, 2.24) is 14.9 Å². The van der Waals surface area contributed by atoms with Gasteiger partial charge in [0.2, 0.25) is 0 Å². The molecule has 124 valence electrons. The van der Waals surface area contributed by atoms with Gasteiger partial charge in [-0.2, -0.15) is 0 Å². The predicted octanol–water partition coefficient (Wildman–Crippen LogP) is 2.83. The van der Waals surface area contributed by atoms with Crippen LogP contribution in [0.15, 0.2) is 36.7 Å². The molecule has 0 spiro atoms. The number of hydrogen-bond donors (Lipinski definition) is 1. The number of aryl methyl sites for hydroxylation is 1. The van der Waals surface area contributed by atoms with Crippen molar-refractivity contribution in [1.29, 1.82) is 0 Å². The van der Waals surface area contributed by atoms with Crippen molar-refractivity contribution < 1.29 is 9.50 Å². The van der Waals surface area contributed by atoms with Gasteiger partial charge >= 0.3 is 0 Å². The first-order valence-corrected chi connectivity index (χ1v) is 7.53. The standard InChI is InChI=1S/C17H20FN3O.ClH/c1-13-19-10-14(11-20-13)12-21-8-6-17(22,7-9-21)15-2-4-16(18)5-3-15;/h2-5,10-11,22H,6-9,12H2,1H3;1H. The van der Waals surface area contributed by atoms with Gasteiger partial charge < -0.3 is 5.11 Å². The third-order valence-corrected chi connectivity index (χ3v) is 4.31. The number of hydrogen-bond acceptors (Lipinski definition) is 4. The summed E-state index contributed by atoms with van der Waals surface area (Å²) in [6.45, 7) is 4.25. The third-order valence-electron chi connectivity index (χ3n) is 4.31. The molecule has 1 fully saturated rings. The van der Waals surface area contributed by atoms with Crippen molar-refractivity contribution in [2.45, 2.75) is 31.9 Å². The Kier molecular flexibility index (Phi) is 5.68. The Morgan fingerprint density at radius 1 is 1.13 bits per heavy atom. The zero-order valence-electron chi connectivity index (χ0n) is 13.1. The van der Waals surface area contributed by atoms with E-state index in [4.69, 9.17) is 0 Å². The van der Waals surface area contributed by atoms with Gasteiger partial charge in [-0.1, -0.05) is 12.1 Å². The lowest BCUT2D eigenvalue weighted by atomic mass is 9.84. The maximum Gasteiger partial charge on any atom is 0.125 e. The minimum Gasteiger partial charge on any atom is -0.385 e. The van der Waals surface area contributed by atoms with Crippen molar-refractivity contribution in [3.8, 4) is 0 Å². The molecule has 0 radical (unpaired) electrons. The quantitative estimate of drug-likeness (QED) is 0.935. The second kappa shape index (κ2) is 7.34. The molecule has 0 atom stereocenters. The molecule has 1 aliphatic heterocycles. The summed E-state index contributed by atoms with van der Waals surface area (Å²) in [5.74, 6) is 0.497. The van der Waals surface area contributed by atoms with Crippen LogP contribution in [0.25, 0.3) is 0 Å². The summed E-state index contributed by atoms with van der Waals surface area (Å²) in [5.41, 5.74) is 1.03. The Morgan fingerprint density at radius 3 is 2.26 bits per heavy atom. The summed E-state index contributed by atoms with van der Waals surface area (Å²) in [6.07, 6.45) is 4.99. The van der Waals surface area contributed by atoms with Gasteiger partial charge in [0.25, 0.3) is 0 Å². The van der Waals surface area contributed by atoms with Crippen LogP contribution in [0.4, 0.5) is 4.39 Å². The molecular weight excluding hydrogens is 317 g/mol. The molecule has 2 heterocycles. The van der Waals surface area contributed by atoms with Gasteiger partial charge in [0.1, 0.15) is 11.6 Å². The first kappa shape index (κ1) is 17.8. The minimum atomic E-state index is -0.853. The van der Waals surface area contributed by atoms with E-state index in [1.54, 1.807) is 12.1 Å². The smallest absolute Gasteiger partial charge is 0.125 e. The molecule has 4 nitrogen and oxygen atoms in total. The molecule has 3 rings (SSSR count). The van der Waals surface area contributed by atoms with Crippen molar-refractivity contribution >= 4 is 12.4 Å². The highest BCUT2D eigenvalue weighted by Gasteiger charge is 2.33. The summed E-state index contributed by atoms with van der Waals surface area (Å²) in [5, 5.41) is 10.8. The van der Waals surface area contributed by atoms with Crippen LogP contribution >= 0.6 is 12.4 Å². The monoisotopic (exact) mass is 337 g/mol. The van der Waals surface area contributed by atoms with Crippen LogP contribution in [0.1, 0.15) is 29.8 Å². The average Bonchev–Trinajstić information content (AvgIpc) is 2.52. The number of halogens is 2. The fourth-order valence-electron chi connectivity index (χ4n) is 2.89. The van der Waals surface area contributed by atoms with E-state index < -0.39 is 5.60 Å². The molecule has 1 aromatic heterocycles. The van der Waals surface area contributed by atoms with Crippen molar-refractivity contribution in [2.24, 2.45) is 0 Å². The molecule has 1 N–H and O–H groups in total. The number of piperidine rings is 1. The average molecular weight is 338 g/mol. The summed E-state index contributed by atoms with van der Waals surface area (Å²) >= 11 is 0. The third kappa shape index (κ3) is 4.25. The molecule has 1 saturated heterocycles. The molecule has 2 aromatic rings. The summed E-state index contributed by atoms with van der Waals surface area (Å²) in [4.78, 5) is 10.7. The van der Waals surface area contributed by atoms with Gasteiger partial charge in [-0.05, 0) is 37.5 Å². The Balaban J connectivity index is 0.00000192. The number of aromatic nitrogens is 2. The second-order valence-corrected chi connectivity index (χ2v) is 5.95. The zero-order valence-corrected chi connectivity index (χ0v) is 13.9. The highest BCUT2D eigenvalue weighted by atomic mass is 35.5. The lowest BCUT2D eigenvalue weighted by Gasteiger charge is -2.38. The fraction of sp³-hybridized carbons (Fsp3) is 0.412. The summed E-state index contributed by atoms with van der Waals surface area (Å²) < 4.78 is 13.0. The van der Waals surface area contributed by atoms with Gasteiger partial charge in [-0.15, -0.1) is 12.4 Å². The van der Waals surface area contributed by atoms with Gasteiger partial charge in [0.05, 0.1) is 5.60 Å². The molecule has 0 unspecified atom stereocenters. The Hall–Kier alpha value is -1.56. The van der Waals surface area contributed by atoms with Gasteiger partial charge in [0.15, 0.2) is 0 Å². The normalized spacial score (nSPS) is 17.5. The number of nitrogens with zero attached hydrogens (tertiary/aromatic N) is 3. The van der Waals surface area contributed by atoms with Crippen molar-refractivity contribution in [3.63, 3.8) is 0 Å². The molecule has 0 aliphatic carbocycles. The van der Waals surface area contributed by atoms with E-state index in [1.165, 1.54) is 12.1 Å². The molecule has 0 bridgehead atoms. The first-order chi connectivity index (χ1) is 10.5. The van der Waals surface area contributed by atoms with Gasteiger partial charge in [-0.3, -0.25) is 4.90 Å². The molecule has 1 aromatic carbocycles. The highest BCUT2D eigenvalue weighted by Crippen LogP contribution is 2.33. The van der Waals surface area contributed by atoms with Crippen LogP contribution in [0.5, 0.6) is 0 Å². The van der Waals surface area contributed by atoms with Crippen LogP contribution in [-0.2, 0) is 12.1 Å². The number of rotatable bonds is 3. The molecule has 6 heteroatoms. The Bertz CT molecular complexity index is 625. The van der Waals surface area contributed by atoms with E-state index >= 15 is 0 Å². The zero-order chi connectivity index (χ0) is 15.6. The van der Waals surface area contributed by atoms with Crippen LogP contribution in [-0.4, -0.2) is 33.1 Å². The van der Waals surface area contributed by atoms with E-state index in [-0.39, 0.29) is 18.2 Å². The first-order valence-electron chi connectivity index (χ1n) is 7.53. The molecule has 0 saturated carbocycles. The molecule has 0 amide bonds. The summed E-state index contributed by atoms with van der Waals surface area (Å²) in [6, 6.07) is 6.17. The van der Waals surface area contributed by atoms with Gasteiger partial charge in [-0.25, -0.2) is 14.4 Å². The number of likely N-dealkylation sites (tertiary alicyclic amines) is 1. The predicted molar refractivity (Wildman–Crippen MR) is 88.8 cm³/mol. The van der Waals surface area contributed by atoms with Crippen molar-refractivity contribution in [2.75, 3.05) is 13.1 Å². The van der Waals surface area contributed by atoms with Crippen LogP contribution in [0, 0.1) is 12.7 Å². The summed E-state index contributed by atoms with van der Waals surface area (Å²) in [7, 11) is 0.